The predicted octanol–water partition coefficient (Wildman–Crippen LogP) is 1.89. The number of hydrogen-bond donors (Lipinski definition) is 1. The number of carbonyl (C=O) groups is 1. The molecule has 1 N–H and O–H groups in total. The molecule has 0 spiro atoms. The second-order valence-electron chi connectivity index (χ2n) is 4.23. The number of benzene rings is 1. The second kappa shape index (κ2) is 6.06. The normalized spacial score (nSPS) is 10.1. The highest BCUT2D eigenvalue weighted by atomic mass is 16.5. The first kappa shape index (κ1) is 13.9. The maximum atomic E-state index is 11.9. The Morgan fingerprint density at radius 3 is 2.65 bits per heavy atom. The van der Waals surface area contributed by atoms with Crippen molar-refractivity contribution in [3.05, 3.63) is 63.7 Å². The average Bonchev–Trinajstić information content (AvgIpc) is 2.46. The van der Waals surface area contributed by atoms with Gasteiger partial charge in [-0.05, 0) is 12.5 Å². The third-order valence-corrected chi connectivity index (χ3v) is 2.69. The van der Waals surface area contributed by atoms with Gasteiger partial charge >= 0.3 is 0 Å². The molecule has 0 radical (unpaired) electrons. The summed E-state index contributed by atoms with van der Waals surface area (Å²) in [5, 5.41) is 2.42. The summed E-state index contributed by atoms with van der Waals surface area (Å²) in [5.41, 5.74) is 0.526. The van der Waals surface area contributed by atoms with Crippen LogP contribution in [-0.2, 0) is 6.61 Å². The van der Waals surface area contributed by atoms with Gasteiger partial charge in [-0.2, -0.15) is 0 Å². The van der Waals surface area contributed by atoms with Crippen LogP contribution < -0.4 is 15.5 Å². The quantitative estimate of drug-likeness (QED) is 0.923. The minimum Gasteiger partial charge on any atom is -0.481 e. The van der Waals surface area contributed by atoms with E-state index in [0.29, 0.717) is 5.76 Å². The average molecular weight is 273 g/mol. The molecule has 2 rings (SSSR count). The van der Waals surface area contributed by atoms with Gasteiger partial charge in [-0.3, -0.25) is 9.59 Å². The molecule has 0 fully saturated rings. The molecule has 0 atom stereocenters. The highest BCUT2D eigenvalue weighted by molar-refractivity contribution is 5.93. The van der Waals surface area contributed by atoms with E-state index in [1.54, 1.807) is 6.92 Å². The number of ether oxygens (including phenoxy) is 1. The van der Waals surface area contributed by atoms with Gasteiger partial charge in [-0.25, -0.2) is 0 Å². The van der Waals surface area contributed by atoms with Crippen LogP contribution in [0.25, 0.3) is 0 Å². The fourth-order valence-corrected chi connectivity index (χ4v) is 1.73. The summed E-state index contributed by atoms with van der Waals surface area (Å²) in [4.78, 5) is 23.7. The molecule has 0 aliphatic rings. The molecule has 0 aliphatic carbocycles. The minimum atomic E-state index is -0.492. The van der Waals surface area contributed by atoms with Crippen LogP contribution in [0.2, 0.25) is 0 Å². The Labute approximate surface area is 116 Å². The lowest BCUT2D eigenvalue weighted by Gasteiger charge is -2.09. The van der Waals surface area contributed by atoms with Crippen molar-refractivity contribution >= 4 is 5.91 Å². The summed E-state index contributed by atoms with van der Waals surface area (Å²) in [7, 11) is 1.46. The van der Waals surface area contributed by atoms with Crippen molar-refractivity contribution in [1.82, 2.24) is 5.32 Å². The van der Waals surface area contributed by atoms with Crippen LogP contribution in [0, 0.1) is 6.92 Å². The number of amides is 1. The molecular weight excluding hydrogens is 258 g/mol. The zero-order valence-corrected chi connectivity index (χ0v) is 11.3. The maximum absolute atomic E-state index is 11.9. The first-order valence-electron chi connectivity index (χ1n) is 6.15. The molecule has 5 nitrogen and oxygen atoms in total. The van der Waals surface area contributed by atoms with Gasteiger partial charge in [0.05, 0.1) is 0 Å². The smallest absolute Gasteiger partial charge is 0.290 e. The van der Waals surface area contributed by atoms with Gasteiger partial charge in [0.1, 0.15) is 12.4 Å². The second-order valence-corrected chi connectivity index (χ2v) is 4.23. The van der Waals surface area contributed by atoms with Crippen molar-refractivity contribution in [2.24, 2.45) is 0 Å². The van der Waals surface area contributed by atoms with Crippen LogP contribution in [-0.4, -0.2) is 13.0 Å². The molecule has 1 heterocycles. The van der Waals surface area contributed by atoms with Crippen molar-refractivity contribution in [1.29, 1.82) is 0 Å². The standard InChI is InChI=1S/C15H15NO4/c1-10-8-12(17)13(14(20-10)15(18)16-2)19-9-11-6-4-3-5-7-11/h3-8H,9H2,1-2H3,(H,16,18). The first-order chi connectivity index (χ1) is 9.61. The van der Waals surface area contributed by atoms with E-state index in [9.17, 15) is 9.59 Å². The highest BCUT2D eigenvalue weighted by Crippen LogP contribution is 2.16. The Morgan fingerprint density at radius 2 is 2.00 bits per heavy atom. The summed E-state index contributed by atoms with van der Waals surface area (Å²) in [5.74, 6) is -0.304. The number of aryl methyl sites for hydroxylation is 1. The Hall–Kier alpha value is -2.56. The van der Waals surface area contributed by atoms with Crippen molar-refractivity contribution in [2.75, 3.05) is 7.05 Å². The van der Waals surface area contributed by atoms with Gasteiger partial charge in [-0.1, -0.05) is 30.3 Å². The van der Waals surface area contributed by atoms with E-state index < -0.39 is 5.91 Å². The van der Waals surface area contributed by atoms with Crippen LogP contribution >= 0.6 is 0 Å². The Balaban J connectivity index is 2.31. The monoisotopic (exact) mass is 273 g/mol. The van der Waals surface area contributed by atoms with E-state index in [1.807, 2.05) is 30.3 Å². The Morgan fingerprint density at radius 1 is 1.30 bits per heavy atom. The van der Waals surface area contributed by atoms with Gasteiger partial charge < -0.3 is 14.5 Å². The number of rotatable bonds is 4. The van der Waals surface area contributed by atoms with Gasteiger partial charge in [-0.15, -0.1) is 0 Å². The summed E-state index contributed by atoms with van der Waals surface area (Å²) < 4.78 is 10.8. The molecule has 0 aliphatic heterocycles. The molecule has 0 bridgehead atoms. The predicted molar refractivity (Wildman–Crippen MR) is 73.9 cm³/mol. The zero-order valence-electron chi connectivity index (χ0n) is 11.3. The SMILES string of the molecule is CNC(=O)c1oc(C)cc(=O)c1OCc1ccccc1. The van der Waals surface area contributed by atoms with Crippen LogP contribution in [0.5, 0.6) is 5.75 Å². The van der Waals surface area contributed by atoms with Crippen molar-refractivity contribution in [3.63, 3.8) is 0 Å². The maximum Gasteiger partial charge on any atom is 0.290 e. The van der Waals surface area contributed by atoms with Crippen molar-refractivity contribution in [3.8, 4) is 5.75 Å². The molecule has 20 heavy (non-hydrogen) atoms. The lowest BCUT2D eigenvalue weighted by Crippen LogP contribution is -2.22. The third kappa shape index (κ3) is 3.06. The number of hydrogen-bond acceptors (Lipinski definition) is 4. The number of nitrogens with one attached hydrogen (secondary N) is 1. The molecule has 0 saturated carbocycles. The Kier molecular flexibility index (Phi) is 4.20. The fourth-order valence-electron chi connectivity index (χ4n) is 1.73. The van der Waals surface area contributed by atoms with Crippen molar-refractivity contribution in [2.45, 2.75) is 13.5 Å². The summed E-state index contributed by atoms with van der Waals surface area (Å²) in [6, 6.07) is 10.7. The van der Waals surface area contributed by atoms with E-state index in [4.69, 9.17) is 9.15 Å². The molecule has 0 saturated heterocycles. The molecule has 1 aromatic heterocycles. The van der Waals surface area contributed by atoms with Gasteiger partial charge in [0.25, 0.3) is 5.91 Å². The van der Waals surface area contributed by atoms with Crippen LogP contribution in [0.15, 0.2) is 45.6 Å². The zero-order chi connectivity index (χ0) is 14.5. The lowest BCUT2D eigenvalue weighted by molar-refractivity contribution is 0.0923. The minimum absolute atomic E-state index is 0.0706. The molecule has 104 valence electrons. The topological polar surface area (TPSA) is 68.5 Å². The summed E-state index contributed by atoms with van der Waals surface area (Å²) in [6.45, 7) is 1.80. The van der Waals surface area contributed by atoms with E-state index in [0.717, 1.165) is 5.56 Å². The summed E-state index contributed by atoms with van der Waals surface area (Å²) in [6.07, 6.45) is 0. The third-order valence-electron chi connectivity index (χ3n) is 2.69. The Bertz CT molecular complexity index is 661. The van der Waals surface area contributed by atoms with Crippen LogP contribution in [0.4, 0.5) is 0 Å². The van der Waals surface area contributed by atoms with E-state index >= 15 is 0 Å². The van der Waals surface area contributed by atoms with Gasteiger partial charge in [0, 0.05) is 13.1 Å². The molecule has 1 amide bonds. The van der Waals surface area contributed by atoms with E-state index in [2.05, 4.69) is 5.32 Å². The highest BCUT2D eigenvalue weighted by Gasteiger charge is 2.19. The summed E-state index contributed by atoms with van der Waals surface area (Å²) >= 11 is 0. The molecule has 2 aromatic rings. The molecular formula is C15H15NO4. The first-order valence-corrected chi connectivity index (χ1v) is 6.15. The van der Waals surface area contributed by atoms with E-state index in [1.165, 1.54) is 13.1 Å². The molecule has 1 aromatic carbocycles. The van der Waals surface area contributed by atoms with Crippen molar-refractivity contribution < 1.29 is 13.9 Å². The molecule has 5 heteroatoms. The fraction of sp³-hybridized carbons (Fsp3) is 0.200. The lowest BCUT2D eigenvalue weighted by atomic mass is 10.2. The number of carbonyl (C=O) groups excluding carboxylic acids is 1. The van der Waals surface area contributed by atoms with Gasteiger partial charge in [0.2, 0.25) is 16.9 Å². The largest absolute Gasteiger partial charge is 0.481 e. The van der Waals surface area contributed by atoms with Gasteiger partial charge in [0.15, 0.2) is 0 Å². The molecule has 0 unspecified atom stereocenters. The van der Waals surface area contributed by atoms with Crippen LogP contribution in [0.3, 0.4) is 0 Å². The van der Waals surface area contributed by atoms with E-state index in [-0.39, 0.29) is 23.5 Å². The van der Waals surface area contributed by atoms with Crippen LogP contribution in [0.1, 0.15) is 21.9 Å².